The van der Waals surface area contributed by atoms with E-state index in [0.29, 0.717) is 12.3 Å². The van der Waals surface area contributed by atoms with Crippen LogP contribution in [0.4, 0.5) is 4.39 Å². The Morgan fingerprint density at radius 2 is 2.14 bits per heavy atom. The number of benzene rings is 1. The van der Waals surface area contributed by atoms with Crippen LogP contribution in [0.3, 0.4) is 0 Å². The molecular weight excluding hydrogens is 375 g/mol. The molecular formula is C21H23FN4OS. The van der Waals surface area contributed by atoms with E-state index in [0.717, 1.165) is 54.4 Å². The summed E-state index contributed by atoms with van der Waals surface area (Å²) in [5.41, 5.74) is 1.66. The van der Waals surface area contributed by atoms with Crippen molar-refractivity contribution in [2.75, 3.05) is 13.1 Å². The molecule has 1 aliphatic rings. The van der Waals surface area contributed by atoms with E-state index >= 15 is 0 Å². The molecule has 7 heteroatoms. The lowest BCUT2D eigenvalue weighted by Gasteiger charge is -2.32. The Morgan fingerprint density at radius 3 is 2.89 bits per heavy atom. The van der Waals surface area contributed by atoms with Gasteiger partial charge in [0.05, 0.1) is 12.1 Å². The fourth-order valence-corrected chi connectivity index (χ4v) is 4.49. The molecule has 2 aromatic heterocycles. The minimum absolute atomic E-state index is 0.129. The molecule has 0 aliphatic carbocycles. The van der Waals surface area contributed by atoms with E-state index in [-0.39, 0.29) is 11.7 Å². The van der Waals surface area contributed by atoms with Crippen molar-refractivity contribution in [3.8, 4) is 11.3 Å². The first-order chi connectivity index (χ1) is 13.6. The molecule has 1 aromatic carbocycles. The van der Waals surface area contributed by atoms with E-state index in [4.69, 9.17) is 0 Å². The zero-order valence-corrected chi connectivity index (χ0v) is 16.7. The van der Waals surface area contributed by atoms with Gasteiger partial charge < -0.3 is 9.47 Å². The van der Waals surface area contributed by atoms with Crippen LogP contribution in [0, 0.1) is 11.7 Å². The normalized spacial score (nSPS) is 17.1. The molecule has 4 rings (SSSR count). The minimum atomic E-state index is -0.264. The van der Waals surface area contributed by atoms with Gasteiger partial charge in [-0.05, 0) is 43.0 Å². The quantitative estimate of drug-likeness (QED) is 0.658. The molecule has 1 unspecified atom stereocenters. The highest BCUT2D eigenvalue weighted by Crippen LogP contribution is 2.24. The monoisotopic (exact) mass is 398 g/mol. The number of halogens is 1. The summed E-state index contributed by atoms with van der Waals surface area (Å²) >= 11 is 1.48. The van der Waals surface area contributed by atoms with Crippen molar-refractivity contribution in [3.05, 3.63) is 58.7 Å². The second-order valence-corrected chi connectivity index (χ2v) is 8.26. The fraction of sp³-hybridized carbons (Fsp3) is 0.381. The fourth-order valence-electron chi connectivity index (χ4n) is 3.70. The van der Waals surface area contributed by atoms with Gasteiger partial charge in [0.15, 0.2) is 0 Å². The van der Waals surface area contributed by atoms with Crippen LogP contribution in [0.1, 0.15) is 23.7 Å². The predicted molar refractivity (Wildman–Crippen MR) is 107 cm³/mol. The van der Waals surface area contributed by atoms with Gasteiger partial charge in [-0.3, -0.25) is 4.79 Å². The van der Waals surface area contributed by atoms with E-state index < -0.39 is 0 Å². The maximum Gasteiger partial charge on any atom is 0.229 e. The van der Waals surface area contributed by atoms with Crippen LogP contribution in [0.5, 0.6) is 0 Å². The Morgan fingerprint density at radius 1 is 1.32 bits per heavy atom. The smallest absolute Gasteiger partial charge is 0.229 e. The van der Waals surface area contributed by atoms with Crippen LogP contribution in [-0.4, -0.2) is 38.4 Å². The summed E-state index contributed by atoms with van der Waals surface area (Å²) in [6.07, 6.45) is 7.16. The zero-order chi connectivity index (χ0) is 19.5. The number of imidazole rings is 1. The molecule has 0 N–H and O–H groups in total. The van der Waals surface area contributed by atoms with E-state index in [1.54, 1.807) is 12.1 Å². The van der Waals surface area contributed by atoms with Gasteiger partial charge in [0.25, 0.3) is 0 Å². The third kappa shape index (κ3) is 4.30. The maximum atomic E-state index is 13.1. The molecule has 28 heavy (non-hydrogen) atoms. The number of thiazole rings is 1. The lowest BCUT2D eigenvalue weighted by Crippen LogP contribution is -2.41. The number of hydrogen-bond donors (Lipinski definition) is 0. The number of likely N-dealkylation sites (tertiary alicyclic amines) is 1. The average Bonchev–Trinajstić information content (AvgIpc) is 3.32. The molecule has 1 amide bonds. The van der Waals surface area contributed by atoms with Crippen LogP contribution in [-0.2, 0) is 24.7 Å². The number of amides is 1. The largest absolute Gasteiger partial charge is 0.342 e. The minimum Gasteiger partial charge on any atom is -0.342 e. The third-order valence-corrected chi connectivity index (χ3v) is 6.11. The Kier molecular flexibility index (Phi) is 5.52. The topological polar surface area (TPSA) is 51.0 Å². The second kappa shape index (κ2) is 8.22. The molecule has 0 saturated carbocycles. The van der Waals surface area contributed by atoms with Gasteiger partial charge in [0.1, 0.15) is 16.6 Å². The highest BCUT2D eigenvalue weighted by atomic mass is 32.1. The van der Waals surface area contributed by atoms with Crippen molar-refractivity contribution < 1.29 is 9.18 Å². The number of nitrogens with zero attached hydrogens (tertiary/aromatic N) is 4. The molecule has 5 nitrogen and oxygen atoms in total. The van der Waals surface area contributed by atoms with E-state index in [1.165, 1.54) is 23.5 Å². The number of carbonyl (C=O) groups is 1. The predicted octanol–water partition coefficient (Wildman–Crippen LogP) is 3.71. The van der Waals surface area contributed by atoms with Crippen molar-refractivity contribution in [3.63, 3.8) is 0 Å². The van der Waals surface area contributed by atoms with Crippen molar-refractivity contribution in [2.24, 2.45) is 13.0 Å². The van der Waals surface area contributed by atoms with Gasteiger partial charge in [-0.25, -0.2) is 14.4 Å². The van der Waals surface area contributed by atoms with Crippen LogP contribution in [0.25, 0.3) is 11.3 Å². The van der Waals surface area contributed by atoms with Crippen molar-refractivity contribution >= 4 is 17.2 Å². The number of rotatable bonds is 5. The van der Waals surface area contributed by atoms with Crippen LogP contribution >= 0.6 is 11.3 Å². The summed E-state index contributed by atoms with van der Waals surface area (Å²) in [6, 6.07) is 6.27. The first-order valence-corrected chi connectivity index (χ1v) is 10.4. The molecule has 0 radical (unpaired) electrons. The molecule has 0 bridgehead atoms. The summed E-state index contributed by atoms with van der Waals surface area (Å²) in [6.45, 7) is 1.59. The van der Waals surface area contributed by atoms with Gasteiger partial charge in [-0.1, -0.05) is 0 Å². The zero-order valence-electron chi connectivity index (χ0n) is 15.8. The van der Waals surface area contributed by atoms with Gasteiger partial charge >= 0.3 is 0 Å². The first-order valence-electron chi connectivity index (χ1n) is 9.53. The summed E-state index contributed by atoms with van der Waals surface area (Å²) in [4.78, 5) is 23.7. The van der Waals surface area contributed by atoms with Crippen LogP contribution in [0.15, 0.2) is 42.0 Å². The van der Waals surface area contributed by atoms with Crippen LogP contribution in [0.2, 0.25) is 0 Å². The standard InChI is InChI=1S/C21H23FN4OS/c1-25-10-8-23-19(25)11-15-3-2-9-26(13-15)21(27)12-20-24-18(14-28-20)16-4-6-17(22)7-5-16/h4-8,10,14-15H,2-3,9,11-13H2,1H3. The summed E-state index contributed by atoms with van der Waals surface area (Å²) in [7, 11) is 2.01. The summed E-state index contributed by atoms with van der Waals surface area (Å²) < 4.78 is 15.1. The highest BCUT2D eigenvalue weighted by molar-refractivity contribution is 7.10. The number of carbonyl (C=O) groups excluding carboxylic acids is 1. The molecule has 1 atom stereocenters. The Labute approximate surface area is 167 Å². The van der Waals surface area contributed by atoms with Gasteiger partial charge in [-0.15, -0.1) is 11.3 Å². The third-order valence-electron chi connectivity index (χ3n) is 5.26. The molecule has 146 valence electrons. The Balaban J connectivity index is 1.37. The average molecular weight is 399 g/mol. The van der Waals surface area contributed by atoms with Crippen molar-refractivity contribution in [1.82, 2.24) is 19.4 Å². The van der Waals surface area contributed by atoms with E-state index in [2.05, 4.69) is 9.97 Å². The van der Waals surface area contributed by atoms with E-state index in [9.17, 15) is 9.18 Å². The van der Waals surface area contributed by atoms with E-state index in [1.807, 2.05) is 34.3 Å². The molecule has 1 aliphatic heterocycles. The molecule has 1 saturated heterocycles. The molecule has 0 spiro atoms. The molecule has 1 fully saturated rings. The summed E-state index contributed by atoms with van der Waals surface area (Å²) in [5, 5.41) is 2.73. The van der Waals surface area contributed by atoms with Gasteiger partial charge in [0, 0.05) is 49.9 Å². The Hall–Kier alpha value is -2.54. The lowest BCUT2D eigenvalue weighted by molar-refractivity contribution is -0.132. The number of aromatic nitrogens is 3. The van der Waals surface area contributed by atoms with Gasteiger partial charge in [0.2, 0.25) is 5.91 Å². The Bertz CT molecular complexity index is 949. The molecule has 3 aromatic rings. The highest BCUT2D eigenvalue weighted by Gasteiger charge is 2.25. The van der Waals surface area contributed by atoms with Crippen LogP contribution < -0.4 is 0 Å². The summed E-state index contributed by atoms with van der Waals surface area (Å²) in [5.74, 6) is 1.39. The first kappa shape index (κ1) is 18.8. The number of piperidine rings is 1. The van der Waals surface area contributed by atoms with Crippen molar-refractivity contribution in [2.45, 2.75) is 25.7 Å². The maximum absolute atomic E-state index is 13.1. The number of hydrogen-bond acceptors (Lipinski definition) is 4. The number of aryl methyl sites for hydroxylation is 1. The van der Waals surface area contributed by atoms with Gasteiger partial charge in [-0.2, -0.15) is 0 Å². The molecule has 3 heterocycles. The SMILES string of the molecule is Cn1ccnc1CC1CCCN(C(=O)Cc2nc(-c3ccc(F)cc3)cs2)C1. The second-order valence-electron chi connectivity index (χ2n) is 7.32. The van der Waals surface area contributed by atoms with Crippen molar-refractivity contribution in [1.29, 1.82) is 0 Å². The lowest BCUT2D eigenvalue weighted by atomic mass is 9.94.